The summed E-state index contributed by atoms with van der Waals surface area (Å²) in [6.07, 6.45) is -1.05. The normalized spacial score (nSPS) is 12.7. The van der Waals surface area contributed by atoms with E-state index in [4.69, 9.17) is 24.4 Å². The van der Waals surface area contributed by atoms with E-state index in [1.165, 1.54) is 0 Å². The van der Waals surface area contributed by atoms with Crippen molar-refractivity contribution in [3.05, 3.63) is 48.5 Å². The van der Waals surface area contributed by atoms with E-state index in [-0.39, 0.29) is 0 Å². The first kappa shape index (κ1) is 20.1. The Morgan fingerprint density at radius 3 is 1.26 bits per heavy atom. The number of hydrogen-bond donors (Lipinski definition) is 2. The molecule has 144 valence electrons. The van der Waals surface area contributed by atoms with Crippen molar-refractivity contribution < 1.29 is 34.0 Å². The second-order valence-electron chi connectivity index (χ2n) is 5.75. The molecule has 2 aromatic rings. The highest BCUT2D eigenvalue weighted by molar-refractivity contribution is 5.73. The third-order valence-corrected chi connectivity index (χ3v) is 3.73. The molecule has 2 rings (SSSR count). The van der Waals surface area contributed by atoms with Crippen LogP contribution in [0.4, 0.5) is 0 Å². The molecule has 0 bridgehead atoms. The van der Waals surface area contributed by atoms with E-state index >= 15 is 0 Å². The van der Waals surface area contributed by atoms with Crippen LogP contribution < -0.4 is 14.2 Å². The molecule has 0 amide bonds. The summed E-state index contributed by atoms with van der Waals surface area (Å²) < 4.78 is 16.5. The molecule has 0 fully saturated rings. The molecule has 7 heteroatoms. The summed E-state index contributed by atoms with van der Waals surface area (Å²) in [6, 6.07) is 13.2. The first-order chi connectivity index (χ1) is 12.9. The van der Waals surface area contributed by atoms with Gasteiger partial charge in [-0.15, -0.1) is 0 Å². The topological polar surface area (TPSA) is 102 Å². The molecule has 0 radical (unpaired) electrons. The quantitative estimate of drug-likeness (QED) is 0.649. The molecule has 0 saturated heterocycles. The average molecular weight is 374 g/mol. The Kier molecular flexibility index (Phi) is 7.05. The van der Waals surface area contributed by atoms with Crippen LogP contribution in [0.5, 0.6) is 23.0 Å². The van der Waals surface area contributed by atoms with E-state index in [9.17, 15) is 9.59 Å². The van der Waals surface area contributed by atoms with E-state index in [2.05, 4.69) is 0 Å². The Balaban J connectivity index is 1.97. The molecule has 2 N–H and O–H groups in total. The van der Waals surface area contributed by atoms with Crippen molar-refractivity contribution >= 4 is 11.9 Å². The van der Waals surface area contributed by atoms with E-state index in [0.717, 1.165) is 0 Å². The van der Waals surface area contributed by atoms with E-state index in [1.54, 1.807) is 62.4 Å². The summed E-state index contributed by atoms with van der Waals surface area (Å²) in [5, 5.41) is 18.0. The van der Waals surface area contributed by atoms with Crippen LogP contribution >= 0.6 is 0 Å². The van der Waals surface area contributed by atoms with Gasteiger partial charge in [0.25, 0.3) is 0 Å². The van der Waals surface area contributed by atoms with Gasteiger partial charge in [0, 0.05) is 0 Å². The van der Waals surface area contributed by atoms with Crippen LogP contribution in [0.25, 0.3) is 0 Å². The minimum atomic E-state index is -1.01. The van der Waals surface area contributed by atoms with Crippen molar-refractivity contribution in [3.8, 4) is 23.0 Å². The van der Waals surface area contributed by atoms with Crippen LogP contribution in [0.15, 0.2) is 48.5 Å². The minimum Gasteiger partial charge on any atom is -0.479 e. The van der Waals surface area contributed by atoms with Gasteiger partial charge in [-0.3, -0.25) is 0 Å². The van der Waals surface area contributed by atoms with E-state index in [0.29, 0.717) is 35.8 Å². The number of benzene rings is 2. The van der Waals surface area contributed by atoms with Gasteiger partial charge in [0.1, 0.15) is 23.0 Å². The lowest BCUT2D eigenvalue weighted by atomic mass is 10.2. The third kappa shape index (κ3) is 5.91. The van der Waals surface area contributed by atoms with Gasteiger partial charge in [-0.1, -0.05) is 13.8 Å². The number of carboxylic acid groups (broad SMARTS) is 2. The van der Waals surface area contributed by atoms with Gasteiger partial charge in [-0.2, -0.15) is 0 Å². The molecule has 2 atom stereocenters. The predicted molar refractivity (Wildman–Crippen MR) is 97.6 cm³/mol. The summed E-state index contributed by atoms with van der Waals surface area (Å²) in [5.41, 5.74) is 0. The molecule has 2 aromatic carbocycles. The van der Waals surface area contributed by atoms with Crippen LogP contribution in [0.2, 0.25) is 0 Å². The van der Waals surface area contributed by atoms with Crippen molar-refractivity contribution in [1.82, 2.24) is 0 Å². The van der Waals surface area contributed by atoms with Gasteiger partial charge in [0.15, 0.2) is 12.2 Å². The minimum absolute atomic E-state index is 0.364. The van der Waals surface area contributed by atoms with Crippen LogP contribution in [0, 0.1) is 0 Å². The lowest BCUT2D eigenvalue weighted by Crippen LogP contribution is -2.25. The smallest absolute Gasteiger partial charge is 0.344 e. The Bertz CT molecular complexity index is 687. The van der Waals surface area contributed by atoms with Crippen LogP contribution in [-0.2, 0) is 9.59 Å². The van der Waals surface area contributed by atoms with Crippen LogP contribution in [-0.4, -0.2) is 34.4 Å². The van der Waals surface area contributed by atoms with Crippen molar-refractivity contribution in [2.24, 2.45) is 0 Å². The maximum atomic E-state index is 11.0. The Morgan fingerprint density at radius 2 is 1.00 bits per heavy atom. The summed E-state index contributed by atoms with van der Waals surface area (Å²) in [4.78, 5) is 22.0. The zero-order chi connectivity index (χ0) is 19.8. The van der Waals surface area contributed by atoms with Crippen LogP contribution in [0.3, 0.4) is 0 Å². The van der Waals surface area contributed by atoms with Gasteiger partial charge >= 0.3 is 11.9 Å². The summed E-state index contributed by atoms with van der Waals surface area (Å²) in [5.74, 6) is -0.0198. The number of aliphatic carboxylic acids is 2. The average Bonchev–Trinajstić information content (AvgIpc) is 2.66. The standard InChI is InChI=1S/C20H22O7/c1-3-17(19(21)22)26-15-9-5-13(6-10-15)25-14-7-11-16(12-8-14)27-18(4-2)20(23)24/h5-12,17-18H,3-4H2,1-2H3,(H,21,22)(H,23,24). The number of hydrogen-bond acceptors (Lipinski definition) is 5. The highest BCUT2D eigenvalue weighted by atomic mass is 16.5. The first-order valence-corrected chi connectivity index (χ1v) is 8.59. The van der Waals surface area contributed by atoms with Crippen molar-refractivity contribution in [2.75, 3.05) is 0 Å². The highest BCUT2D eigenvalue weighted by Crippen LogP contribution is 2.26. The summed E-state index contributed by atoms with van der Waals surface area (Å²) >= 11 is 0. The molecule has 0 aliphatic rings. The van der Waals surface area contributed by atoms with Gasteiger partial charge in [0.2, 0.25) is 0 Å². The zero-order valence-corrected chi connectivity index (χ0v) is 15.1. The van der Waals surface area contributed by atoms with E-state index in [1.807, 2.05) is 0 Å². The first-order valence-electron chi connectivity index (χ1n) is 8.59. The SMILES string of the molecule is CCC(Oc1ccc(Oc2ccc(OC(CC)C(=O)O)cc2)cc1)C(=O)O. The van der Waals surface area contributed by atoms with E-state index < -0.39 is 24.1 Å². The maximum Gasteiger partial charge on any atom is 0.344 e. The molecule has 0 aliphatic heterocycles. The Morgan fingerprint density at radius 1 is 0.704 bits per heavy atom. The summed E-state index contributed by atoms with van der Waals surface area (Å²) in [7, 11) is 0. The Labute approximate surface area is 157 Å². The lowest BCUT2D eigenvalue weighted by Gasteiger charge is -2.14. The second kappa shape index (κ2) is 9.47. The molecule has 0 aliphatic carbocycles. The van der Waals surface area contributed by atoms with Crippen molar-refractivity contribution in [2.45, 2.75) is 38.9 Å². The van der Waals surface area contributed by atoms with Gasteiger partial charge in [0.05, 0.1) is 0 Å². The molecule has 2 unspecified atom stereocenters. The van der Waals surface area contributed by atoms with Crippen molar-refractivity contribution in [1.29, 1.82) is 0 Å². The molecular formula is C20H22O7. The summed E-state index contributed by atoms with van der Waals surface area (Å²) in [6.45, 7) is 3.48. The van der Waals surface area contributed by atoms with Gasteiger partial charge < -0.3 is 24.4 Å². The fraction of sp³-hybridized carbons (Fsp3) is 0.300. The predicted octanol–water partition coefficient (Wildman–Crippen LogP) is 3.96. The number of carboxylic acids is 2. The maximum absolute atomic E-state index is 11.0. The van der Waals surface area contributed by atoms with Gasteiger partial charge in [-0.05, 0) is 61.4 Å². The molecule has 7 nitrogen and oxygen atoms in total. The van der Waals surface area contributed by atoms with Crippen LogP contribution in [0.1, 0.15) is 26.7 Å². The second-order valence-corrected chi connectivity index (χ2v) is 5.75. The molecule has 0 spiro atoms. The number of carbonyl (C=O) groups is 2. The molecule has 27 heavy (non-hydrogen) atoms. The molecule has 0 heterocycles. The Hall–Kier alpha value is -3.22. The van der Waals surface area contributed by atoms with Gasteiger partial charge in [-0.25, -0.2) is 9.59 Å². The zero-order valence-electron chi connectivity index (χ0n) is 15.1. The highest BCUT2D eigenvalue weighted by Gasteiger charge is 2.17. The molecule has 0 saturated carbocycles. The number of rotatable bonds is 10. The monoisotopic (exact) mass is 374 g/mol. The third-order valence-electron chi connectivity index (χ3n) is 3.73. The lowest BCUT2D eigenvalue weighted by molar-refractivity contribution is -0.146. The van der Waals surface area contributed by atoms with Crippen molar-refractivity contribution in [3.63, 3.8) is 0 Å². The number of ether oxygens (including phenoxy) is 3. The molecule has 0 aromatic heterocycles. The largest absolute Gasteiger partial charge is 0.479 e. The fourth-order valence-electron chi connectivity index (χ4n) is 2.25. The fourth-order valence-corrected chi connectivity index (χ4v) is 2.25. The molecular weight excluding hydrogens is 352 g/mol.